The van der Waals surface area contributed by atoms with Crippen LogP contribution in [0.25, 0.3) is 0 Å². The summed E-state index contributed by atoms with van der Waals surface area (Å²) < 4.78 is 10.3. The van der Waals surface area contributed by atoms with Crippen LogP contribution in [0, 0.1) is 0 Å². The highest BCUT2D eigenvalue weighted by Gasteiger charge is 2.49. The topological polar surface area (TPSA) is 114 Å². The standard InChI is InChI=1S/C19H23N3O6/c1-19(13-6-3-2-4-7-13)17(25)22(18(26)21-19)11-16(24)28-12-15(23)20-10-14-8-5-9-27-14/h2-4,6-7,14H,5,8-12H2,1H3,(H,20,23)(H,21,26)/t14-,19+/m0/s1. The molecule has 2 heterocycles. The summed E-state index contributed by atoms with van der Waals surface area (Å²) in [5.41, 5.74) is -0.644. The number of carbonyl (C=O) groups is 4. The second-order valence-electron chi connectivity index (χ2n) is 6.91. The molecule has 4 amide bonds. The summed E-state index contributed by atoms with van der Waals surface area (Å²) in [6.45, 7) is 1.58. The lowest BCUT2D eigenvalue weighted by Gasteiger charge is -2.21. The number of rotatable bonds is 7. The second kappa shape index (κ2) is 8.39. The van der Waals surface area contributed by atoms with E-state index in [4.69, 9.17) is 9.47 Å². The van der Waals surface area contributed by atoms with Crippen LogP contribution in [0.15, 0.2) is 30.3 Å². The Labute approximate surface area is 162 Å². The smallest absolute Gasteiger partial charge is 0.326 e. The quantitative estimate of drug-likeness (QED) is 0.512. The lowest BCUT2D eigenvalue weighted by Crippen LogP contribution is -2.42. The summed E-state index contributed by atoms with van der Waals surface area (Å²) in [6, 6.07) is 8.07. The summed E-state index contributed by atoms with van der Waals surface area (Å²) in [6.07, 6.45) is 1.83. The van der Waals surface area contributed by atoms with E-state index in [1.54, 1.807) is 37.3 Å². The maximum Gasteiger partial charge on any atom is 0.326 e. The van der Waals surface area contributed by atoms with Gasteiger partial charge in [-0.3, -0.25) is 19.3 Å². The van der Waals surface area contributed by atoms with Gasteiger partial charge >= 0.3 is 12.0 Å². The molecule has 0 unspecified atom stereocenters. The summed E-state index contributed by atoms with van der Waals surface area (Å²) in [7, 11) is 0. The van der Waals surface area contributed by atoms with Crippen molar-refractivity contribution >= 4 is 23.8 Å². The third-order valence-corrected chi connectivity index (χ3v) is 4.83. The molecule has 28 heavy (non-hydrogen) atoms. The first kappa shape index (κ1) is 19.8. The van der Waals surface area contributed by atoms with Crippen LogP contribution in [-0.4, -0.2) is 61.1 Å². The van der Waals surface area contributed by atoms with Crippen molar-refractivity contribution in [2.45, 2.75) is 31.4 Å². The second-order valence-corrected chi connectivity index (χ2v) is 6.91. The van der Waals surface area contributed by atoms with Gasteiger partial charge in [0.1, 0.15) is 12.1 Å². The fraction of sp³-hybridized carbons (Fsp3) is 0.474. The van der Waals surface area contributed by atoms with Gasteiger partial charge in [0.25, 0.3) is 11.8 Å². The van der Waals surface area contributed by atoms with Gasteiger partial charge in [0.2, 0.25) is 0 Å². The molecule has 0 bridgehead atoms. The first-order chi connectivity index (χ1) is 13.4. The summed E-state index contributed by atoms with van der Waals surface area (Å²) in [5, 5.41) is 5.23. The van der Waals surface area contributed by atoms with E-state index >= 15 is 0 Å². The van der Waals surface area contributed by atoms with Crippen LogP contribution >= 0.6 is 0 Å². The Bertz CT molecular complexity index is 762. The van der Waals surface area contributed by atoms with E-state index in [0.29, 0.717) is 18.7 Å². The molecule has 9 heteroatoms. The summed E-state index contributed by atoms with van der Waals surface area (Å²) in [5.74, 6) is -1.85. The third kappa shape index (κ3) is 4.30. The SMILES string of the molecule is C[C@]1(c2ccccc2)NC(=O)N(CC(=O)OCC(=O)NC[C@@H]2CCCO2)C1=O. The number of hydrogen-bond acceptors (Lipinski definition) is 6. The number of amides is 4. The number of esters is 1. The highest BCUT2D eigenvalue weighted by Crippen LogP contribution is 2.28. The van der Waals surface area contributed by atoms with Gasteiger partial charge in [-0.05, 0) is 25.3 Å². The Morgan fingerprint density at radius 1 is 1.32 bits per heavy atom. The summed E-state index contributed by atoms with van der Waals surface area (Å²) in [4.78, 5) is 49.4. The van der Waals surface area contributed by atoms with Gasteiger partial charge in [-0.15, -0.1) is 0 Å². The Morgan fingerprint density at radius 3 is 2.75 bits per heavy atom. The molecule has 1 aromatic rings. The zero-order chi connectivity index (χ0) is 20.1. The van der Waals surface area contributed by atoms with Crippen molar-refractivity contribution in [1.29, 1.82) is 0 Å². The van der Waals surface area contributed by atoms with Crippen molar-refractivity contribution in [3.8, 4) is 0 Å². The molecule has 2 aliphatic rings. The van der Waals surface area contributed by atoms with Crippen molar-refractivity contribution < 1.29 is 28.7 Å². The van der Waals surface area contributed by atoms with Crippen LogP contribution in [-0.2, 0) is 29.4 Å². The molecule has 0 aliphatic carbocycles. The first-order valence-corrected chi connectivity index (χ1v) is 9.13. The van der Waals surface area contributed by atoms with E-state index in [0.717, 1.165) is 17.7 Å². The average Bonchev–Trinajstić information content (AvgIpc) is 3.29. The molecule has 2 saturated heterocycles. The third-order valence-electron chi connectivity index (χ3n) is 4.83. The first-order valence-electron chi connectivity index (χ1n) is 9.13. The lowest BCUT2D eigenvalue weighted by atomic mass is 9.92. The van der Waals surface area contributed by atoms with Gasteiger partial charge < -0.3 is 20.1 Å². The molecule has 0 radical (unpaired) electrons. The van der Waals surface area contributed by atoms with Crippen LogP contribution in [0.2, 0.25) is 0 Å². The van der Waals surface area contributed by atoms with E-state index in [-0.39, 0.29) is 6.10 Å². The molecular formula is C19H23N3O6. The number of ether oxygens (including phenoxy) is 2. The number of imide groups is 1. The molecule has 1 aromatic carbocycles. The average molecular weight is 389 g/mol. The maximum atomic E-state index is 12.7. The number of nitrogens with one attached hydrogen (secondary N) is 2. The highest BCUT2D eigenvalue weighted by atomic mass is 16.5. The van der Waals surface area contributed by atoms with E-state index in [9.17, 15) is 19.2 Å². The van der Waals surface area contributed by atoms with E-state index in [1.165, 1.54) is 0 Å². The Hall–Kier alpha value is -2.94. The van der Waals surface area contributed by atoms with Crippen molar-refractivity contribution in [1.82, 2.24) is 15.5 Å². The van der Waals surface area contributed by atoms with Gasteiger partial charge in [0.05, 0.1) is 6.10 Å². The minimum absolute atomic E-state index is 0.0127. The van der Waals surface area contributed by atoms with Crippen molar-refractivity contribution in [3.05, 3.63) is 35.9 Å². The Kier molecular flexibility index (Phi) is 5.93. The zero-order valence-electron chi connectivity index (χ0n) is 15.6. The molecule has 2 N–H and O–H groups in total. The van der Waals surface area contributed by atoms with Gasteiger partial charge in [-0.1, -0.05) is 30.3 Å². The minimum atomic E-state index is -1.25. The predicted octanol–water partition coefficient (Wildman–Crippen LogP) is 0.292. The van der Waals surface area contributed by atoms with Crippen LogP contribution in [0.4, 0.5) is 4.79 Å². The molecule has 0 aromatic heterocycles. The van der Waals surface area contributed by atoms with E-state index in [1.807, 2.05) is 0 Å². The fourth-order valence-electron chi connectivity index (χ4n) is 3.21. The van der Waals surface area contributed by atoms with Crippen LogP contribution in [0.5, 0.6) is 0 Å². The van der Waals surface area contributed by atoms with Crippen LogP contribution in [0.1, 0.15) is 25.3 Å². The minimum Gasteiger partial charge on any atom is -0.454 e. The predicted molar refractivity (Wildman–Crippen MR) is 97.0 cm³/mol. The number of nitrogens with zero attached hydrogens (tertiary/aromatic N) is 1. The number of hydrogen-bond donors (Lipinski definition) is 2. The van der Waals surface area contributed by atoms with Crippen molar-refractivity contribution in [2.75, 3.05) is 26.3 Å². The maximum absolute atomic E-state index is 12.7. The van der Waals surface area contributed by atoms with Crippen molar-refractivity contribution in [2.24, 2.45) is 0 Å². The Balaban J connectivity index is 1.49. The molecule has 150 valence electrons. The highest BCUT2D eigenvalue weighted by molar-refractivity contribution is 6.08. The van der Waals surface area contributed by atoms with Gasteiger partial charge in [0, 0.05) is 13.2 Å². The summed E-state index contributed by atoms with van der Waals surface area (Å²) >= 11 is 0. The molecule has 0 spiro atoms. The normalized spacial score (nSPS) is 24.2. The monoisotopic (exact) mass is 389 g/mol. The fourth-order valence-corrected chi connectivity index (χ4v) is 3.21. The molecule has 2 atom stereocenters. The lowest BCUT2D eigenvalue weighted by molar-refractivity contribution is -0.151. The Morgan fingerprint density at radius 2 is 2.07 bits per heavy atom. The number of urea groups is 1. The largest absolute Gasteiger partial charge is 0.454 e. The van der Waals surface area contributed by atoms with E-state index < -0.39 is 42.5 Å². The molecule has 2 fully saturated rings. The van der Waals surface area contributed by atoms with Gasteiger partial charge in [-0.25, -0.2) is 4.79 Å². The molecule has 0 saturated carbocycles. The zero-order valence-corrected chi connectivity index (χ0v) is 15.6. The molecule has 9 nitrogen and oxygen atoms in total. The van der Waals surface area contributed by atoms with Gasteiger partial charge in [-0.2, -0.15) is 0 Å². The number of benzene rings is 1. The van der Waals surface area contributed by atoms with Crippen molar-refractivity contribution in [3.63, 3.8) is 0 Å². The van der Waals surface area contributed by atoms with Crippen LogP contribution < -0.4 is 10.6 Å². The molecular weight excluding hydrogens is 366 g/mol. The molecule has 2 aliphatic heterocycles. The molecule has 3 rings (SSSR count). The van der Waals surface area contributed by atoms with Crippen LogP contribution in [0.3, 0.4) is 0 Å². The van der Waals surface area contributed by atoms with E-state index in [2.05, 4.69) is 10.6 Å². The van der Waals surface area contributed by atoms with Gasteiger partial charge in [0.15, 0.2) is 6.61 Å². The number of carbonyl (C=O) groups excluding carboxylic acids is 4.